The fourth-order valence-corrected chi connectivity index (χ4v) is 1.73. The van der Waals surface area contributed by atoms with Crippen molar-refractivity contribution in [2.75, 3.05) is 0 Å². The van der Waals surface area contributed by atoms with Crippen molar-refractivity contribution in [3.63, 3.8) is 0 Å². The summed E-state index contributed by atoms with van der Waals surface area (Å²) in [5.74, 6) is 0. The van der Waals surface area contributed by atoms with E-state index in [0.717, 1.165) is 11.2 Å². The van der Waals surface area contributed by atoms with Gasteiger partial charge >= 0.3 is 0 Å². The Labute approximate surface area is 81.0 Å². The molecule has 2 aromatic heterocycles. The molecule has 0 aliphatic rings. The van der Waals surface area contributed by atoms with Gasteiger partial charge in [-0.1, -0.05) is 11.6 Å². The summed E-state index contributed by atoms with van der Waals surface area (Å²) >= 11 is 0. The second kappa shape index (κ2) is 2.54. The molecule has 68 valence electrons. The standard InChI is InChI=1S/C11H9N3/c1-8-2-4-10-9(6-8)3-5-11-13-12-7-14(10)11/h2-7H,1H3. The van der Waals surface area contributed by atoms with Gasteiger partial charge < -0.3 is 0 Å². The van der Waals surface area contributed by atoms with Crippen molar-refractivity contribution in [1.82, 2.24) is 14.6 Å². The van der Waals surface area contributed by atoms with Crippen LogP contribution in [-0.4, -0.2) is 14.6 Å². The zero-order valence-corrected chi connectivity index (χ0v) is 7.81. The molecule has 0 radical (unpaired) electrons. The summed E-state index contributed by atoms with van der Waals surface area (Å²) < 4.78 is 1.99. The molecule has 0 amide bonds. The van der Waals surface area contributed by atoms with Crippen LogP contribution in [-0.2, 0) is 0 Å². The number of rotatable bonds is 0. The predicted octanol–water partition coefficient (Wildman–Crippen LogP) is 2.19. The van der Waals surface area contributed by atoms with Crippen LogP contribution in [0.3, 0.4) is 0 Å². The van der Waals surface area contributed by atoms with Crippen LogP contribution in [0.4, 0.5) is 0 Å². The summed E-state index contributed by atoms with van der Waals surface area (Å²) in [6.07, 6.45) is 1.74. The summed E-state index contributed by atoms with van der Waals surface area (Å²) in [5.41, 5.74) is 3.31. The maximum Gasteiger partial charge on any atom is 0.161 e. The number of benzene rings is 1. The summed E-state index contributed by atoms with van der Waals surface area (Å²) in [7, 11) is 0. The Hall–Kier alpha value is -1.90. The number of aromatic nitrogens is 3. The van der Waals surface area contributed by atoms with Crippen molar-refractivity contribution in [2.45, 2.75) is 6.92 Å². The Bertz CT molecular complexity index is 610. The van der Waals surface area contributed by atoms with Crippen LogP contribution in [0.15, 0.2) is 36.7 Å². The SMILES string of the molecule is Cc1ccc2c(ccc3nncn32)c1. The topological polar surface area (TPSA) is 30.2 Å². The maximum absolute atomic E-state index is 4.00. The lowest BCUT2D eigenvalue weighted by Crippen LogP contribution is -1.86. The third-order valence-electron chi connectivity index (χ3n) is 2.43. The molecule has 0 saturated carbocycles. The van der Waals surface area contributed by atoms with E-state index in [0.29, 0.717) is 0 Å². The van der Waals surface area contributed by atoms with Crippen molar-refractivity contribution in [3.05, 3.63) is 42.2 Å². The molecule has 3 heteroatoms. The molecule has 3 aromatic rings. The highest BCUT2D eigenvalue weighted by Crippen LogP contribution is 2.16. The molecule has 0 saturated heterocycles. The summed E-state index contributed by atoms with van der Waals surface area (Å²) in [6, 6.07) is 10.4. The van der Waals surface area contributed by atoms with E-state index in [-0.39, 0.29) is 0 Å². The first-order valence-electron chi connectivity index (χ1n) is 4.54. The Balaban J connectivity index is 2.57. The molecule has 2 heterocycles. The van der Waals surface area contributed by atoms with E-state index in [2.05, 4.69) is 41.4 Å². The van der Waals surface area contributed by atoms with Gasteiger partial charge in [-0.25, -0.2) is 0 Å². The van der Waals surface area contributed by atoms with Gasteiger partial charge in [-0.3, -0.25) is 4.40 Å². The van der Waals surface area contributed by atoms with Crippen molar-refractivity contribution in [1.29, 1.82) is 0 Å². The van der Waals surface area contributed by atoms with Gasteiger partial charge in [0.2, 0.25) is 0 Å². The highest BCUT2D eigenvalue weighted by molar-refractivity contribution is 5.82. The first-order valence-corrected chi connectivity index (χ1v) is 4.54. The summed E-state index contributed by atoms with van der Waals surface area (Å²) in [4.78, 5) is 0. The molecule has 0 bridgehead atoms. The van der Waals surface area contributed by atoms with Gasteiger partial charge in [0, 0.05) is 0 Å². The molecule has 0 N–H and O–H groups in total. The van der Waals surface area contributed by atoms with E-state index in [1.54, 1.807) is 6.33 Å². The van der Waals surface area contributed by atoms with Crippen LogP contribution in [0, 0.1) is 6.92 Å². The van der Waals surface area contributed by atoms with Crippen LogP contribution >= 0.6 is 0 Å². The van der Waals surface area contributed by atoms with E-state index in [4.69, 9.17) is 0 Å². The molecule has 0 fully saturated rings. The highest BCUT2D eigenvalue weighted by Gasteiger charge is 2.00. The maximum atomic E-state index is 4.00. The Morgan fingerprint density at radius 1 is 1.14 bits per heavy atom. The minimum absolute atomic E-state index is 0.890. The van der Waals surface area contributed by atoms with Gasteiger partial charge in [-0.2, -0.15) is 0 Å². The average molecular weight is 183 g/mol. The van der Waals surface area contributed by atoms with Gasteiger partial charge in [0.1, 0.15) is 6.33 Å². The number of hydrogen-bond acceptors (Lipinski definition) is 2. The van der Waals surface area contributed by atoms with Gasteiger partial charge in [-0.05, 0) is 36.6 Å². The molecule has 14 heavy (non-hydrogen) atoms. The quantitative estimate of drug-likeness (QED) is 0.534. The zero-order chi connectivity index (χ0) is 9.54. The minimum Gasteiger partial charge on any atom is -0.282 e. The third kappa shape index (κ3) is 0.923. The smallest absolute Gasteiger partial charge is 0.161 e. The molecule has 0 atom stereocenters. The lowest BCUT2D eigenvalue weighted by Gasteiger charge is -2.01. The summed E-state index contributed by atoms with van der Waals surface area (Å²) in [5, 5.41) is 9.11. The molecule has 0 spiro atoms. The predicted molar refractivity (Wildman–Crippen MR) is 55.2 cm³/mol. The number of hydrogen-bond donors (Lipinski definition) is 0. The van der Waals surface area contributed by atoms with Crippen molar-refractivity contribution < 1.29 is 0 Å². The summed E-state index contributed by atoms with van der Waals surface area (Å²) in [6.45, 7) is 2.09. The highest BCUT2D eigenvalue weighted by atomic mass is 15.2. The second-order valence-corrected chi connectivity index (χ2v) is 3.45. The molecule has 3 nitrogen and oxygen atoms in total. The van der Waals surface area contributed by atoms with Crippen LogP contribution in [0.1, 0.15) is 5.56 Å². The number of aryl methyl sites for hydroxylation is 1. The Morgan fingerprint density at radius 3 is 3.00 bits per heavy atom. The lowest BCUT2D eigenvalue weighted by atomic mass is 10.1. The molecular weight excluding hydrogens is 174 g/mol. The van der Waals surface area contributed by atoms with E-state index >= 15 is 0 Å². The van der Waals surface area contributed by atoms with Crippen LogP contribution in [0.5, 0.6) is 0 Å². The molecule has 0 aliphatic heterocycles. The van der Waals surface area contributed by atoms with E-state index in [9.17, 15) is 0 Å². The van der Waals surface area contributed by atoms with Gasteiger partial charge in [0.25, 0.3) is 0 Å². The first kappa shape index (κ1) is 7.50. The molecule has 0 aliphatic carbocycles. The number of nitrogens with zero attached hydrogens (tertiary/aromatic N) is 3. The fourth-order valence-electron chi connectivity index (χ4n) is 1.73. The van der Waals surface area contributed by atoms with Crippen molar-refractivity contribution >= 4 is 16.6 Å². The van der Waals surface area contributed by atoms with Crippen LogP contribution < -0.4 is 0 Å². The fraction of sp³-hybridized carbons (Fsp3) is 0.0909. The first-order chi connectivity index (χ1) is 6.84. The van der Waals surface area contributed by atoms with Crippen molar-refractivity contribution in [2.24, 2.45) is 0 Å². The molecule has 3 rings (SSSR count). The third-order valence-corrected chi connectivity index (χ3v) is 2.43. The average Bonchev–Trinajstić information content (AvgIpc) is 2.65. The Kier molecular flexibility index (Phi) is 1.36. The minimum atomic E-state index is 0.890. The molecule has 1 aromatic carbocycles. The monoisotopic (exact) mass is 183 g/mol. The molecular formula is C11H9N3. The van der Waals surface area contributed by atoms with Crippen molar-refractivity contribution in [3.8, 4) is 0 Å². The van der Waals surface area contributed by atoms with Gasteiger partial charge in [0.15, 0.2) is 5.65 Å². The van der Waals surface area contributed by atoms with E-state index < -0.39 is 0 Å². The van der Waals surface area contributed by atoms with Gasteiger partial charge in [0.05, 0.1) is 5.52 Å². The lowest BCUT2D eigenvalue weighted by molar-refractivity contribution is 1.11. The van der Waals surface area contributed by atoms with Gasteiger partial charge in [-0.15, -0.1) is 10.2 Å². The normalized spacial score (nSPS) is 11.2. The Morgan fingerprint density at radius 2 is 2.07 bits per heavy atom. The van der Waals surface area contributed by atoms with E-state index in [1.165, 1.54) is 10.9 Å². The number of pyridine rings is 1. The molecule has 0 unspecified atom stereocenters. The number of fused-ring (bicyclic) bond motifs is 3. The zero-order valence-electron chi connectivity index (χ0n) is 7.81. The van der Waals surface area contributed by atoms with E-state index in [1.807, 2.05) is 10.5 Å². The van der Waals surface area contributed by atoms with Crippen LogP contribution in [0.2, 0.25) is 0 Å². The second-order valence-electron chi connectivity index (χ2n) is 3.45. The van der Waals surface area contributed by atoms with Crippen LogP contribution in [0.25, 0.3) is 16.6 Å². The largest absolute Gasteiger partial charge is 0.282 e.